The van der Waals surface area contributed by atoms with Crippen LogP contribution in [0.15, 0.2) is 40.9 Å². The average Bonchev–Trinajstić information content (AvgIpc) is 3.54. The number of aromatic nitrogens is 2. The second-order valence-electron chi connectivity index (χ2n) is 9.61. The molecule has 0 bridgehead atoms. The Bertz CT molecular complexity index is 1510. The molecule has 2 heterocycles. The van der Waals surface area contributed by atoms with E-state index in [1.807, 2.05) is 0 Å². The van der Waals surface area contributed by atoms with E-state index in [1.54, 1.807) is 6.92 Å². The van der Waals surface area contributed by atoms with Crippen molar-refractivity contribution in [3.63, 3.8) is 0 Å². The third kappa shape index (κ3) is 5.39. The highest BCUT2D eigenvalue weighted by Gasteiger charge is 2.53. The SMILES string of the molecule is CCS(=O)(=O)N1CCN(C(=O)Nc2cc(F)c(C3(c4noc(-c5ccc(C(F)(F)F)cc5)n4)CC3)c(Cl)c2)CC1. The fraction of sp³-hybridized carbons (Fsp3) is 0.400. The Morgan fingerprint density at radius 1 is 1.12 bits per heavy atom. The molecule has 1 aromatic heterocycles. The number of rotatable bonds is 6. The number of urea groups is 1. The van der Waals surface area contributed by atoms with E-state index in [9.17, 15) is 26.4 Å². The van der Waals surface area contributed by atoms with Gasteiger partial charge in [-0.2, -0.15) is 22.5 Å². The molecule has 0 spiro atoms. The first-order valence-corrected chi connectivity index (χ1v) is 14.4. The van der Waals surface area contributed by atoms with Gasteiger partial charge in [-0.3, -0.25) is 0 Å². The predicted octanol–water partition coefficient (Wildman–Crippen LogP) is 5.13. The molecule has 40 heavy (non-hydrogen) atoms. The first-order chi connectivity index (χ1) is 18.8. The summed E-state index contributed by atoms with van der Waals surface area (Å²) in [6.07, 6.45) is -3.55. The summed E-state index contributed by atoms with van der Waals surface area (Å²) in [7, 11) is -3.35. The fourth-order valence-electron chi connectivity index (χ4n) is 4.70. The third-order valence-corrected chi connectivity index (χ3v) is 9.30. The molecule has 1 saturated carbocycles. The molecule has 2 aromatic carbocycles. The molecular formula is C25H24ClF4N5O4S. The fourth-order valence-corrected chi connectivity index (χ4v) is 6.18. The number of carbonyl (C=O) groups is 1. The number of hydrogen-bond acceptors (Lipinski definition) is 6. The van der Waals surface area contributed by atoms with Crippen LogP contribution in [0.5, 0.6) is 0 Å². The number of anilines is 1. The normalized spacial score (nSPS) is 17.6. The topological polar surface area (TPSA) is 109 Å². The van der Waals surface area contributed by atoms with Crippen LogP contribution in [0.2, 0.25) is 5.02 Å². The summed E-state index contributed by atoms with van der Waals surface area (Å²) in [6.45, 7) is 2.25. The number of sulfonamides is 1. The standard InChI is InChI=1S/C25H24ClF4N5O4S/c1-2-40(37,38)35-11-9-34(10-12-35)23(36)31-17-13-18(26)20(19(27)14-17)24(7-8-24)22-32-21(39-33-22)15-3-5-16(6-4-15)25(28,29)30/h3-6,13-14H,2,7-12H2,1H3,(H,31,36). The minimum absolute atomic E-state index is 0.0118. The van der Waals surface area contributed by atoms with Gasteiger partial charge in [-0.1, -0.05) is 16.8 Å². The van der Waals surface area contributed by atoms with Gasteiger partial charge in [0.1, 0.15) is 5.82 Å². The predicted molar refractivity (Wildman–Crippen MR) is 138 cm³/mol. The van der Waals surface area contributed by atoms with Crippen molar-refractivity contribution in [2.24, 2.45) is 0 Å². The molecule has 2 amide bonds. The molecular weight excluding hydrogens is 578 g/mol. The first kappa shape index (κ1) is 28.3. The monoisotopic (exact) mass is 601 g/mol. The Kier molecular flexibility index (Phi) is 7.29. The quantitative estimate of drug-likeness (QED) is 0.393. The van der Waals surface area contributed by atoms with Crippen LogP contribution >= 0.6 is 11.6 Å². The molecule has 3 aromatic rings. The highest BCUT2D eigenvalue weighted by Crippen LogP contribution is 2.55. The van der Waals surface area contributed by atoms with Crippen molar-refractivity contribution in [2.45, 2.75) is 31.4 Å². The largest absolute Gasteiger partial charge is 0.416 e. The number of nitrogens with one attached hydrogen (secondary N) is 1. The second kappa shape index (κ2) is 10.3. The highest BCUT2D eigenvalue weighted by atomic mass is 35.5. The number of benzene rings is 2. The molecule has 1 saturated heterocycles. The number of alkyl halides is 3. The molecule has 1 aliphatic heterocycles. The van der Waals surface area contributed by atoms with Crippen LogP contribution in [0.25, 0.3) is 11.5 Å². The molecule has 2 aliphatic rings. The van der Waals surface area contributed by atoms with Gasteiger partial charge in [0.25, 0.3) is 5.89 Å². The van der Waals surface area contributed by atoms with E-state index < -0.39 is 39.0 Å². The number of halogens is 5. The Balaban J connectivity index is 1.30. The van der Waals surface area contributed by atoms with E-state index in [0.717, 1.165) is 18.2 Å². The van der Waals surface area contributed by atoms with Gasteiger partial charge in [0, 0.05) is 48.0 Å². The Labute approximate surface area is 232 Å². The zero-order valence-corrected chi connectivity index (χ0v) is 22.7. The van der Waals surface area contributed by atoms with Crippen molar-refractivity contribution in [1.82, 2.24) is 19.3 Å². The van der Waals surface area contributed by atoms with Crippen LogP contribution in [0.4, 0.5) is 28.0 Å². The van der Waals surface area contributed by atoms with Crippen molar-refractivity contribution in [1.29, 1.82) is 0 Å². The molecule has 0 atom stereocenters. The third-order valence-electron chi connectivity index (χ3n) is 7.12. The molecule has 0 unspecified atom stereocenters. The Morgan fingerprint density at radius 3 is 2.33 bits per heavy atom. The lowest BCUT2D eigenvalue weighted by Crippen LogP contribution is -2.51. The summed E-state index contributed by atoms with van der Waals surface area (Å²) in [6, 6.07) is 6.27. The highest BCUT2D eigenvalue weighted by molar-refractivity contribution is 7.89. The minimum Gasteiger partial charge on any atom is -0.334 e. The van der Waals surface area contributed by atoms with Crippen molar-refractivity contribution < 1.29 is 35.3 Å². The summed E-state index contributed by atoms with van der Waals surface area (Å²) in [5, 5.41) is 6.60. The van der Waals surface area contributed by atoms with E-state index in [1.165, 1.54) is 27.4 Å². The summed E-state index contributed by atoms with van der Waals surface area (Å²) in [5.74, 6) is -0.576. The van der Waals surface area contributed by atoms with Crippen LogP contribution in [0.1, 0.15) is 36.7 Å². The van der Waals surface area contributed by atoms with Crippen LogP contribution in [-0.2, 0) is 21.6 Å². The van der Waals surface area contributed by atoms with Crippen molar-refractivity contribution in [3.8, 4) is 11.5 Å². The summed E-state index contributed by atoms with van der Waals surface area (Å²) in [5.41, 5.74) is -1.26. The molecule has 15 heteroatoms. The van der Waals surface area contributed by atoms with Crippen LogP contribution in [-0.4, -0.2) is 65.7 Å². The number of amides is 2. The molecule has 1 aliphatic carbocycles. The molecule has 9 nitrogen and oxygen atoms in total. The molecule has 0 radical (unpaired) electrons. The molecule has 1 N–H and O–H groups in total. The van der Waals surface area contributed by atoms with Crippen molar-refractivity contribution in [3.05, 3.63) is 64.2 Å². The maximum absolute atomic E-state index is 15.4. The zero-order valence-electron chi connectivity index (χ0n) is 21.1. The molecule has 2 fully saturated rings. The molecule has 5 rings (SSSR count). The van der Waals surface area contributed by atoms with Crippen molar-refractivity contribution in [2.75, 3.05) is 37.2 Å². The summed E-state index contributed by atoms with van der Waals surface area (Å²) in [4.78, 5) is 18.5. The second-order valence-corrected chi connectivity index (χ2v) is 12.3. The van der Waals surface area contributed by atoms with E-state index in [4.69, 9.17) is 16.1 Å². The maximum atomic E-state index is 15.4. The number of hydrogen-bond donors (Lipinski definition) is 1. The van der Waals surface area contributed by atoms with Crippen molar-refractivity contribution >= 4 is 33.3 Å². The number of nitrogens with zero attached hydrogens (tertiary/aromatic N) is 4. The van der Waals surface area contributed by atoms with Gasteiger partial charge in [0.2, 0.25) is 10.0 Å². The van der Waals surface area contributed by atoms with Gasteiger partial charge in [0.05, 0.1) is 16.7 Å². The lowest BCUT2D eigenvalue weighted by molar-refractivity contribution is -0.137. The molecule has 214 valence electrons. The average molecular weight is 602 g/mol. The Morgan fingerprint density at radius 2 is 1.77 bits per heavy atom. The summed E-state index contributed by atoms with van der Waals surface area (Å²) >= 11 is 6.48. The van der Waals surface area contributed by atoms with Gasteiger partial charge in [-0.25, -0.2) is 17.6 Å². The van der Waals surface area contributed by atoms with E-state index >= 15 is 4.39 Å². The van der Waals surface area contributed by atoms with Gasteiger partial charge in [0.15, 0.2) is 5.82 Å². The summed E-state index contributed by atoms with van der Waals surface area (Å²) < 4.78 is 84.7. The van der Waals surface area contributed by atoms with Crippen LogP contribution < -0.4 is 5.32 Å². The van der Waals surface area contributed by atoms with Gasteiger partial charge in [-0.15, -0.1) is 0 Å². The van der Waals surface area contributed by atoms with E-state index in [-0.39, 0.29) is 65.5 Å². The number of piperazine rings is 1. The maximum Gasteiger partial charge on any atom is 0.416 e. The van der Waals surface area contributed by atoms with Crippen LogP contribution in [0, 0.1) is 5.82 Å². The minimum atomic E-state index is -4.48. The smallest absolute Gasteiger partial charge is 0.334 e. The van der Waals surface area contributed by atoms with E-state index in [0.29, 0.717) is 12.8 Å². The van der Waals surface area contributed by atoms with Gasteiger partial charge in [-0.05, 0) is 56.2 Å². The lowest BCUT2D eigenvalue weighted by Gasteiger charge is -2.33. The first-order valence-electron chi connectivity index (χ1n) is 12.4. The van der Waals surface area contributed by atoms with Crippen LogP contribution in [0.3, 0.4) is 0 Å². The van der Waals surface area contributed by atoms with Gasteiger partial charge >= 0.3 is 12.2 Å². The number of carbonyl (C=O) groups excluding carboxylic acids is 1. The van der Waals surface area contributed by atoms with E-state index in [2.05, 4.69) is 15.5 Å². The lowest BCUT2D eigenvalue weighted by atomic mass is 9.94. The van der Waals surface area contributed by atoms with Gasteiger partial charge < -0.3 is 14.7 Å². The Hall–Kier alpha value is -3.23. The zero-order chi connectivity index (χ0) is 28.9.